The predicted molar refractivity (Wildman–Crippen MR) is 124 cm³/mol. The number of nitrogens with zero attached hydrogens (tertiary/aromatic N) is 2. The highest BCUT2D eigenvalue weighted by Crippen LogP contribution is 2.19. The van der Waals surface area contributed by atoms with Crippen LogP contribution in [0, 0.1) is 22.0 Å². The van der Waals surface area contributed by atoms with Gasteiger partial charge in [0.25, 0.3) is 0 Å². The molecule has 0 aliphatic carbocycles. The second-order valence-electron chi connectivity index (χ2n) is 7.36. The lowest BCUT2D eigenvalue weighted by atomic mass is 10.1. The van der Waals surface area contributed by atoms with Crippen LogP contribution in [0.3, 0.4) is 0 Å². The van der Waals surface area contributed by atoms with Gasteiger partial charge in [-0.25, -0.2) is 22.6 Å². The fourth-order valence-corrected chi connectivity index (χ4v) is 3.39. The van der Waals surface area contributed by atoms with Crippen LogP contribution in [-0.2, 0) is 17.8 Å². The number of aromatic nitrogens is 2. The van der Waals surface area contributed by atoms with Crippen LogP contribution >= 0.6 is 12.2 Å². The zero-order valence-electron chi connectivity index (χ0n) is 17.7. The Morgan fingerprint density at radius 2 is 1.65 bits per heavy atom. The van der Waals surface area contributed by atoms with Gasteiger partial charge in [0.15, 0.2) is 17.5 Å². The number of anilines is 1. The van der Waals surface area contributed by atoms with Crippen LogP contribution in [0.15, 0.2) is 79.0 Å². The summed E-state index contributed by atoms with van der Waals surface area (Å²) >= 11 is 5.34. The Labute approximate surface area is 198 Å². The number of nitrogens with one attached hydrogen (secondary N) is 1. The van der Waals surface area contributed by atoms with Crippen molar-refractivity contribution < 1.29 is 22.7 Å². The molecule has 0 fully saturated rings. The van der Waals surface area contributed by atoms with Crippen molar-refractivity contribution in [3.05, 3.63) is 118 Å². The van der Waals surface area contributed by atoms with Crippen LogP contribution in [0.1, 0.15) is 16.8 Å². The third-order valence-corrected chi connectivity index (χ3v) is 5.24. The minimum atomic E-state index is -1.55. The first-order chi connectivity index (χ1) is 16.4. The topological polar surface area (TPSA) is 56.2 Å². The molecular formula is C25H18F3N3O2S. The van der Waals surface area contributed by atoms with Gasteiger partial charge in [-0.05, 0) is 29.3 Å². The van der Waals surface area contributed by atoms with Crippen LogP contribution in [0.5, 0.6) is 0 Å². The molecule has 9 heteroatoms. The van der Waals surface area contributed by atoms with E-state index in [2.05, 4.69) is 10.4 Å². The Morgan fingerprint density at radius 3 is 2.38 bits per heavy atom. The largest absolute Gasteiger partial charge is 0.444 e. The number of benzene rings is 3. The van der Waals surface area contributed by atoms with Crippen LogP contribution in [0.2, 0.25) is 0 Å². The summed E-state index contributed by atoms with van der Waals surface area (Å²) in [6, 6.07) is 19.6. The second-order valence-corrected chi connectivity index (χ2v) is 7.80. The molecule has 0 spiro atoms. The number of carbonyl (C=O) groups is 1. The van der Waals surface area contributed by atoms with E-state index in [1.165, 1.54) is 10.9 Å². The van der Waals surface area contributed by atoms with Gasteiger partial charge in [0, 0.05) is 30.4 Å². The minimum absolute atomic E-state index is 0.0178. The van der Waals surface area contributed by atoms with Gasteiger partial charge < -0.3 is 4.74 Å². The molecule has 1 aromatic heterocycles. The maximum Gasteiger partial charge on any atom is 0.411 e. The van der Waals surface area contributed by atoms with Crippen molar-refractivity contribution in [2.75, 3.05) is 5.32 Å². The van der Waals surface area contributed by atoms with Gasteiger partial charge in [-0.3, -0.25) is 5.32 Å². The van der Waals surface area contributed by atoms with Crippen molar-refractivity contribution in [1.82, 2.24) is 9.78 Å². The van der Waals surface area contributed by atoms with Gasteiger partial charge in [-0.1, -0.05) is 54.7 Å². The average Bonchev–Trinajstić information content (AvgIpc) is 2.83. The Hall–Kier alpha value is -3.98. The number of ether oxygens (including phenoxy) is 1. The van der Waals surface area contributed by atoms with E-state index in [1.54, 1.807) is 24.3 Å². The van der Waals surface area contributed by atoms with Gasteiger partial charge >= 0.3 is 6.09 Å². The third-order valence-electron chi connectivity index (χ3n) is 4.87. The molecular weight excluding hydrogens is 463 g/mol. The molecule has 34 heavy (non-hydrogen) atoms. The highest BCUT2D eigenvalue weighted by molar-refractivity contribution is 7.71. The molecule has 1 amide bonds. The molecule has 0 aliphatic rings. The van der Waals surface area contributed by atoms with Crippen molar-refractivity contribution in [2.45, 2.75) is 13.0 Å². The lowest BCUT2D eigenvalue weighted by Gasteiger charge is -2.11. The monoisotopic (exact) mass is 481 g/mol. The first kappa shape index (κ1) is 23.2. The number of halogens is 3. The van der Waals surface area contributed by atoms with Crippen molar-refractivity contribution in [1.29, 1.82) is 0 Å². The van der Waals surface area contributed by atoms with Crippen LogP contribution < -0.4 is 5.32 Å². The lowest BCUT2D eigenvalue weighted by Crippen LogP contribution is -2.13. The Balaban J connectivity index is 1.48. The summed E-state index contributed by atoms with van der Waals surface area (Å²) in [5.74, 6) is -4.17. The molecule has 0 saturated carbocycles. The first-order valence-electron chi connectivity index (χ1n) is 10.2. The summed E-state index contributed by atoms with van der Waals surface area (Å²) in [6.07, 6.45) is 1.14. The molecule has 0 radical (unpaired) electrons. The molecule has 4 aromatic rings. The van der Waals surface area contributed by atoms with Gasteiger partial charge in [-0.15, -0.1) is 0 Å². The number of rotatable bonds is 6. The van der Waals surface area contributed by atoms with Gasteiger partial charge in [0.2, 0.25) is 0 Å². The highest BCUT2D eigenvalue weighted by atomic mass is 32.1. The summed E-state index contributed by atoms with van der Waals surface area (Å²) < 4.78 is 47.4. The number of hydrogen-bond acceptors (Lipinski definition) is 4. The number of amides is 1. The fourth-order valence-electron chi connectivity index (χ4n) is 3.22. The van der Waals surface area contributed by atoms with E-state index in [9.17, 15) is 18.0 Å². The zero-order valence-corrected chi connectivity index (χ0v) is 18.5. The van der Waals surface area contributed by atoms with Crippen LogP contribution in [0.25, 0.3) is 5.69 Å². The van der Waals surface area contributed by atoms with E-state index in [-0.39, 0.29) is 12.3 Å². The first-order valence-corrected chi connectivity index (χ1v) is 10.6. The molecule has 0 aliphatic heterocycles. The zero-order chi connectivity index (χ0) is 24.1. The standard InChI is InChI=1S/C25H18F3N3O2S/c26-20-13-19(14-21(27)24(20)28)31-10-9-23(34)22(30-31)12-17-7-4-8-18(11-17)29-25(32)33-15-16-5-2-1-3-6-16/h1-11,13-14H,12,15H2,(H,29,32). The SMILES string of the molecule is O=C(Nc1cccc(Cc2nn(-c3cc(F)c(F)c(F)c3)ccc2=S)c1)OCc1ccccc1. The molecule has 1 heterocycles. The predicted octanol–water partition coefficient (Wildman–Crippen LogP) is 6.36. The molecule has 5 nitrogen and oxygen atoms in total. The quantitative estimate of drug-likeness (QED) is 0.257. The highest BCUT2D eigenvalue weighted by Gasteiger charge is 2.13. The molecule has 0 bridgehead atoms. The smallest absolute Gasteiger partial charge is 0.411 e. The van der Waals surface area contributed by atoms with E-state index < -0.39 is 23.5 Å². The van der Waals surface area contributed by atoms with Gasteiger partial charge in [0.05, 0.1) is 15.9 Å². The molecule has 1 N–H and O–H groups in total. The van der Waals surface area contributed by atoms with Crippen molar-refractivity contribution in [3.63, 3.8) is 0 Å². The van der Waals surface area contributed by atoms with Crippen LogP contribution in [0.4, 0.5) is 23.7 Å². The lowest BCUT2D eigenvalue weighted by molar-refractivity contribution is 0.155. The minimum Gasteiger partial charge on any atom is -0.444 e. The summed E-state index contributed by atoms with van der Waals surface area (Å²) in [5, 5.41) is 7.02. The number of carbonyl (C=O) groups excluding carboxylic acids is 1. The van der Waals surface area contributed by atoms with Crippen molar-refractivity contribution >= 4 is 24.0 Å². The third kappa shape index (κ3) is 5.68. The van der Waals surface area contributed by atoms with E-state index in [0.717, 1.165) is 23.3 Å². The summed E-state index contributed by atoms with van der Waals surface area (Å²) in [7, 11) is 0. The Morgan fingerprint density at radius 1 is 0.941 bits per heavy atom. The van der Waals surface area contributed by atoms with E-state index >= 15 is 0 Å². The molecule has 172 valence electrons. The van der Waals surface area contributed by atoms with E-state index in [1.807, 2.05) is 36.4 Å². The maximum atomic E-state index is 13.6. The fraction of sp³-hybridized carbons (Fsp3) is 0.0800. The summed E-state index contributed by atoms with van der Waals surface area (Å²) in [5.41, 5.74) is 2.66. The molecule has 0 saturated heterocycles. The van der Waals surface area contributed by atoms with Crippen LogP contribution in [-0.4, -0.2) is 15.9 Å². The average molecular weight is 481 g/mol. The van der Waals surface area contributed by atoms with E-state index in [4.69, 9.17) is 17.0 Å². The summed E-state index contributed by atoms with van der Waals surface area (Å²) in [4.78, 5) is 12.1. The van der Waals surface area contributed by atoms with Crippen molar-refractivity contribution in [3.8, 4) is 5.69 Å². The van der Waals surface area contributed by atoms with Crippen molar-refractivity contribution in [2.24, 2.45) is 0 Å². The second kappa shape index (κ2) is 10.3. The molecule has 0 unspecified atom stereocenters. The van der Waals surface area contributed by atoms with Gasteiger partial charge in [0.1, 0.15) is 6.61 Å². The normalized spacial score (nSPS) is 10.7. The van der Waals surface area contributed by atoms with Gasteiger partial charge in [-0.2, -0.15) is 5.10 Å². The Bertz CT molecular complexity index is 1370. The Kier molecular flexibility index (Phi) is 7.03. The van der Waals surface area contributed by atoms with E-state index in [0.29, 0.717) is 22.3 Å². The summed E-state index contributed by atoms with van der Waals surface area (Å²) in [6.45, 7) is 0.143. The maximum absolute atomic E-state index is 13.6. The molecule has 0 atom stereocenters. The molecule has 4 rings (SSSR count). The number of hydrogen-bond donors (Lipinski definition) is 1. The molecule has 3 aromatic carbocycles.